The standard InChI is InChI=1S/C45H28N2/c46-29-33-23-22-32(45-39-18-6-4-16-37(39)44(31-12-2-1-3-13-31)38-17-5-7-19-40(38)45)28-41(33)30-24-26-34(27-25-30)47-42-20-10-8-14-35(42)36-15-9-11-21-43(36)47/h1-28H. The van der Waals surface area contributed by atoms with E-state index in [9.17, 15) is 5.26 Å². The van der Waals surface area contributed by atoms with Crippen LogP contribution in [-0.2, 0) is 0 Å². The molecule has 0 aliphatic carbocycles. The zero-order chi connectivity index (χ0) is 31.3. The molecule has 2 heteroatoms. The largest absolute Gasteiger partial charge is 0.309 e. The molecular formula is C45H28N2. The lowest BCUT2D eigenvalue weighted by Gasteiger charge is -2.18. The van der Waals surface area contributed by atoms with Crippen LogP contribution in [0.4, 0.5) is 0 Å². The van der Waals surface area contributed by atoms with Crippen molar-refractivity contribution in [3.63, 3.8) is 0 Å². The maximum atomic E-state index is 10.2. The van der Waals surface area contributed by atoms with Crippen molar-refractivity contribution in [1.82, 2.24) is 4.57 Å². The molecule has 1 aromatic heterocycles. The molecule has 0 spiro atoms. The van der Waals surface area contributed by atoms with Gasteiger partial charge in [-0.05, 0) is 85.8 Å². The normalized spacial score (nSPS) is 11.4. The minimum absolute atomic E-state index is 0.660. The van der Waals surface area contributed by atoms with Crippen LogP contribution in [0.2, 0.25) is 0 Å². The minimum atomic E-state index is 0.660. The average molecular weight is 597 g/mol. The quantitative estimate of drug-likeness (QED) is 0.186. The highest BCUT2D eigenvalue weighted by atomic mass is 15.0. The summed E-state index contributed by atoms with van der Waals surface area (Å²) >= 11 is 0. The fraction of sp³-hybridized carbons (Fsp3) is 0. The molecule has 2 nitrogen and oxygen atoms in total. The second kappa shape index (κ2) is 10.9. The summed E-state index contributed by atoms with van der Waals surface area (Å²) in [5, 5.41) is 17.5. The number of nitrogens with zero attached hydrogens (tertiary/aromatic N) is 2. The molecular weight excluding hydrogens is 569 g/mol. The van der Waals surface area contributed by atoms with Gasteiger partial charge in [-0.1, -0.05) is 133 Å². The third-order valence-corrected chi connectivity index (χ3v) is 9.44. The number of benzene rings is 8. The topological polar surface area (TPSA) is 28.7 Å². The summed E-state index contributed by atoms with van der Waals surface area (Å²) in [7, 11) is 0. The highest BCUT2D eigenvalue weighted by molar-refractivity contribution is 6.21. The Hall–Kier alpha value is -6.43. The maximum absolute atomic E-state index is 10.2. The summed E-state index contributed by atoms with van der Waals surface area (Å²) in [5.74, 6) is 0. The van der Waals surface area contributed by atoms with E-state index in [4.69, 9.17) is 0 Å². The van der Waals surface area contributed by atoms with E-state index in [1.165, 1.54) is 60.0 Å². The Morgan fingerprint density at radius 2 is 0.830 bits per heavy atom. The van der Waals surface area contributed by atoms with Crippen molar-refractivity contribution in [1.29, 1.82) is 5.26 Å². The highest BCUT2D eigenvalue weighted by Gasteiger charge is 2.18. The number of aromatic nitrogens is 1. The van der Waals surface area contributed by atoms with Crippen LogP contribution in [0.15, 0.2) is 170 Å². The van der Waals surface area contributed by atoms with Gasteiger partial charge in [-0.15, -0.1) is 0 Å². The first-order valence-electron chi connectivity index (χ1n) is 15.9. The van der Waals surface area contributed by atoms with Crippen LogP contribution >= 0.6 is 0 Å². The molecule has 9 aromatic rings. The molecule has 9 rings (SSSR count). The monoisotopic (exact) mass is 596 g/mol. The molecule has 1 heterocycles. The van der Waals surface area contributed by atoms with Crippen molar-refractivity contribution in [2.24, 2.45) is 0 Å². The Kier molecular flexibility index (Phi) is 6.23. The fourth-order valence-electron chi connectivity index (χ4n) is 7.38. The van der Waals surface area contributed by atoms with Crippen molar-refractivity contribution < 1.29 is 0 Å². The maximum Gasteiger partial charge on any atom is 0.0998 e. The molecule has 47 heavy (non-hydrogen) atoms. The van der Waals surface area contributed by atoms with E-state index in [0.29, 0.717) is 5.56 Å². The fourth-order valence-corrected chi connectivity index (χ4v) is 7.38. The highest BCUT2D eigenvalue weighted by Crippen LogP contribution is 2.44. The van der Waals surface area contributed by atoms with E-state index in [2.05, 4.69) is 174 Å². The van der Waals surface area contributed by atoms with E-state index < -0.39 is 0 Å². The Balaban J connectivity index is 1.23. The lowest BCUT2D eigenvalue weighted by atomic mass is 9.85. The van der Waals surface area contributed by atoms with Gasteiger partial charge in [0.1, 0.15) is 0 Å². The van der Waals surface area contributed by atoms with E-state index >= 15 is 0 Å². The van der Waals surface area contributed by atoms with Gasteiger partial charge in [0.25, 0.3) is 0 Å². The molecule has 0 unspecified atom stereocenters. The summed E-state index contributed by atoms with van der Waals surface area (Å²) < 4.78 is 2.32. The van der Waals surface area contributed by atoms with E-state index in [0.717, 1.165) is 22.4 Å². The van der Waals surface area contributed by atoms with Gasteiger partial charge >= 0.3 is 0 Å². The Bertz CT molecular complexity index is 2560. The van der Waals surface area contributed by atoms with E-state index in [1.54, 1.807) is 0 Å². The number of rotatable bonds is 4. The van der Waals surface area contributed by atoms with Gasteiger partial charge in [0.05, 0.1) is 22.7 Å². The number of fused-ring (bicyclic) bond motifs is 5. The van der Waals surface area contributed by atoms with Crippen LogP contribution in [0.25, 0.3) is 82.4 Å². The van der Waals surface area contributed by atoms with Gasteiger partial charge in [0.15, 0.2) is 0 Å². The van der Waals surface area contributed by atoms with Crippen LogP contribution in [0.1, 0.15) is 5.56 Å². The van der Waals surface area contributed by atoms with Crippen LogP contribution in [0.5, 0.6) is 0 Å². The summed E-state index contributed by atoms with van der Waals surface area (Å²) in [6, 6.07) is 62.5. The molecule has 0 saturated heterocycles. The SMILES string of the molecule is N#Cc1ccc(-c2c3ccccc3c(-c3ccccc3)c3ccccc23)cc1-c1ccc(-n2c3ccccc3c3ccccc32)cc1. The zero-order valence-corrected chi connectivity index (χ0v) is 25.6. The molecule has 0 aliphatic heterocycles. The molecule has 0 fully saturated rings. The Morgan fingerprint density at radius 1 is 0.383 bits per heavy atom. The number of hydrogen-bond donors (Lipinski definition) is 0. The summed E-state index contributed by atoms with van der Waals surface area (Å²) in [6.45, 7) is 0. The molecule has 0 aliphatic rings. The van der Waals surface area contributed by atoms with Crippen molar-refractivity contribution in [2.75, 3.05) is 0 Å². The number of para-hydroxylation sites is 2. The van der Waals surface area contributed by atoms with Crippen molar-refractivity contribution in [3.05, 3.63) is 175 Å². The molecule has 0 bridgehead atoms. The lowest BCUT2D eigenvalue weighted by Crippen LogP contribution is -1.94. The van der Waals surface area contributed by atoms with E-state index in [1.807, 2.05) is 6.07 Å². The number of hydrogen-bond acceptors (Lipinski definition) is 1. The van der Waals surface area contributed by atoms with Crippen molar-refractivity contribution in [2.45, 2.75) is 0 Å². The average Bonchev–Trinajstić information content (AvgIpc) is 3.48. The first kappa shape index (κ1) is 26.9. The smallest absolute Gasteiger partial charge is 0.0998 e. The predicted molar refractivity (Wildman–Crippen MR) is 197 cm³/mol. The number of nitriles is 1. The van der Waals surface area contributed by atoms with Gasteiger partial charge in [-0.2, -0.15) is 5.26 Å². The van der Waals surface area contributed by atoms with Crippen LogP contribution in [0, 0.1) is 11.3 Å². The third-order valence-electron chi connectivity index (χ3n) is 9.44. The summed E-state index contributed by atoms with van der Waals surface area (Å²) in [6.07, 6.45) is 0. The first-order valence-corrected chi connectivity index (χ1v) is 15.9. The van der Waals surface area contributed by atoms with Crippen molar-refractivity contribution >= 4 is 43.4 Å². The predicted octanol–water partition coefficient (Wildman–Crippen LogP) is 12.0. The molecule has 0 N–H and O–H groups in total. The van der Waals surface area contributed by atoms with Gasteiger partial charge in [0.2, 0.25) is 0 Å². The molecule has 0 saturated carbocycles. The summed E-state index contributed by atoms with van der Waals surface area (Å²) in [5.41, 5.74) is 10.8. The van der Waals surface area contributed by atoms with Gasteiger partial charge in [-0.25, -0.2) is 0 Å². The molecule has 8 aromatic carbocycles. The van der Waals surface area contributed by atoms with Crippen LogP contribution in [0.3, 0.4) is 0 Å². The van der Waals surface area contributed by atoms with Gasteiger partial charge < -0.3 is 4.57 Å². The summed E-state index contributed by atoms with van der Waals surface area (Å²) in [4.78, 5) is 0. The Morgan fingerprint density at radius 3 is 1.36 bits per heavy atom. The van der Waals surface area contributed by atoms with Gasteiger partial charge in [-0.3, -0.25) is 0 Å². The second-order valence-electron chi connectivity index (χ2n) is 12.0. The Labute approximate surface area is 273 Å². The lowest BCUT2D eigenvalue weighted by molar-refractivity contribution is 1.18. The van der Waals surface area contributed by atoms with Crippen LogP contribution in [-0.4, -0.2) is 4.57 Å². The molecule has 0 amide bonds. The zero-order valence-electron chi connectivity index (χ0n) is 25.6. The van der Waals surface area contributed by atoms with Crippen molar-refractivity contribution in [3.8, 4) is 45.1 Å². The molecule has 218 valence electrons. The minimum Gasteiger partial charge on any atom is -0.309 e. The van der Waals surface area contributed by atoms with E-state index in [-0.39, 0.29) is 0 Å². The third kappa shape index (κ3) is 4.26. The second-order valence-corrected chi connectivity index (χ2v) is 12.0. The van der Waals surface area contributed by atoms with Crippen LogP contribution < -0.4 is 0 Å². The first-order chi connectivity index (χ1) is 23.3. The van der Waals surface area contributed by atoms with Gasteiger partial charge in [0, 0.05) is 22.0 Å². The molecule has 0 radical (unpaired) electrons. The molecule has 0 atom stereocenters.